The molecule has 0 atom stereocenters. The lowest BCUT2D eigenvalue weighted by Crippen LogP contribution is -1.96. The van der Waals surface area contributed by atoms with Gasteiger partial charge in [0, 0.05) is 29.3 Å². The lowest BCUT2D eigenvalue weighted by molar-refractivity contribution is -0.389. The van der Waals surface area contributed by atoms with E-state index in [9.17, 15) is 24.0 Å². The van der Waals surface area contributed by atoms with Gasteiger partial charge in [-0.15, -0.1) is 0 Å². The maximum absolute atomic E-state index is 14.3. The largest absolute Gasteiger partial charge is 0.493 e. The van der Waals surface area contributed by atoms with E-state index < -0.39 is 16.6 Å². The molecule has 0 bridgehead atoms. The first-order valence-electron chi connectivity index (χ1n) is 8.00. The van der Waals surface area contributed by atoms with Gasteiger partial charge in [-0.2, -0.15) is 9.61 Å². The van der Waals surface area contributed by atoms with Crippen LogP contribution in [0.15, 0.2) is 42.6 Å². The summed E-state index contributed by atoms with van der Waals surface area (Å²) in [4.78, 5) is 18.3. The van der Waals surface area contributed by atoms with Crippen molar-refractivity contribution < 1.29 is 18.8 Å². The molecule has 0 spiro atoms. The lowest BCUT2D eigenvalue weighted by Gasteiger charge is -2.06. The Bertz CT molecular complexity index is 1240. The first kappa shape index (κ1) is 17.5. The number of hydrogen-bond donors (Lipinski definition) is 1. The Morgan fingerprint density at radius 2 is 1.96 bits per heavy atom. The Morgan fingerprint density at radius 1 is 1.18 bits per heavy atom. The molecule has 0 saturated carbocycles. The summed E-state index contributed by atoms with van der Waals surface area (Å²) in [5, 5.41) is 25.2. The van der Waals surface area contributed by atoms with Crippen molar-refractivity contribution in [1.29, 1.82) is 0 Å². The molecular formula is C18H11F2N5O3. The maximum atomic E-state index is 14.3. The smallest absolute Gasteiger partial charge is 0.363 e. The van der Waals surface area contributed by atoms with Crippen LogP contribution in [-0.4, -0.2) is 29.6 Å². The Balaban J connectivity index is 1.93. The molecule has 1 N–H and O–H groups in total. The average Bonchev–Trinajstić information content (AvgIpc) is 2.98. The molecule has 4 rings (SSSR count). The fourth-order valence-corrected chi connectivity index (χ4v) is 2.91. The second kappa shape index (κ2) is 6.34. The van der Waals surface area contributed by atoms with Crippen molar-refractivity contribution in [2.75, 3.05) is 0 Å². The van der Waals surface area contributed by atoms with Crippen LogP contribution in [0.25, 0.3) is 28.0 Å². The fraction of sp³-hybridized carbons (Fsp3) is 0.0556. The van der Waals surface area contributed by atoms with Crippen LogP contribution in [0.5, 0.6) is 5.88 Å². The van der Waals surface area contributed by atoms with Crippen molar-refractivity contribution in [2.45, 2.75) is 6.92 Å². The second-order valence-corrected chi connectivity index (χ2v) is 5.98. The van der Waals surface area contributed by atoms with E-state index in [2.05, 4.69) is 15.1 Å². The molecule has 0 unspecified atom stereocenters. The lowest BCUT2D eigenvalue weighted by atomic mass is 10.1. The predicted octanol–water partition coefficient (Wildman–Crippen LogP) is 3.66. The van der Waals surface area contributed by atoms with E-state index in [1.165, 1.54) is 30.5 Å². The zero-order valence-corrected chi connectivity index (χ0v) is 14.3. The van der Waals surface area contributed by atoms with Crippen molar-refractivity contribution in [3.63, 3.8) is 0 Å². The summed E-state index contributed by atoms with van der Waals surface area (Å²) in [6.45, 7) is 1.61. The van der Waals surface area contributed by atoms with Crippen LogP contribution in [-0.2, 0) is 0 Å². The molecule has 0 aliphatic rings. The summed E-state index contributed by atoms with van der Waals surface area (Å²) in [5.74, 6) is -2.11. The van der Waals surface area contributed by atoms with Crippen molar-refractivity contribution in [2.24, 2.45) is 0 Å². The van der Waals surface area contributed by atoms with Gasteiger partial charge in [0.2, 0.25) is 5.88 Å². The maximum Gasteiger partial charge on any atom is 0.363 e. The van der Waals surface area contributed by atoms with E-state index in [0.29, 0.717) is 16.8 Å². The van der Waals surface area contributed by atoms with Gasteiger partial charge in [-0.05, 0) is 35.0 Å². The van der Waals surface area contributed by atoms with Gasteiger partial charge in [-0.1, -0.05) is 0 Å². The second-order valence-electron chi connectivity index (χ2n) is 5.98. The fourth-order valence-electron chi connectivity index (χ4n) is 2.91. The van der Waals surface area contributed by atoms with Crippen LogP contribution < -0.4 is 0 Å². The minimum atomic E-state index is -0.790. The van der Waals surface area contributed by atoms with Crippen LogP contribution in [0.2, 0.25) is 0 Å². The summed E-state index contributed by atoms with van der Waals surface area (Å²) < 4.78 is 28.7. The Labute approximate surface area is 155 Å². The minimum absolute atomic E-state index is 0.0831. The number of hydrogen-bond acceptors (Lipinski definition) is 6. The molecule has 8 nitrogen and oxygen atoms in total. The molecule has 4 aromatic rings. The highest BCUT2D eigenvalue weighted by Crippen LogP contribution is 2.33. The van der Waals surface area contributed by atoms with E-state index in [0.717, 1.165) is 16.6 Å². The van der Waals surface area contributed by atoms with E-state index >= 15 is 0 Å². The van der Waals surface area contributed by atoms with Crippen molar-refractivity contribution in [3.05, 3.63) is 70.0 Å². The van der Waals surface area contributed by atoms with Gasteiger partial charge in [0.25, 0.3) is 0 Å². The SMILES string of the molecule is Cc1nn2c(O)cc(-c3ccc([N+](=O)[O-])nc3)nc2c1-c1ccc(F)cc1F. The predicted molar refractivity (Wildman–Crippen MR) is 94.6 cm³/mol. The number of nitro groups is 1. The van der Waals surface area contributed by atoms with Crippen LogP contribution in [0.3, 0.4) is 0 Å². The molecule has 10 heteroatoms. The quantitative estimate of drug-likeness (QED) is 0.427. The summed E-state index contributed by atoms with van der Waals surface area (Å²) in [6, 6.07) is 7.10. The van der Waals surface area contributed by atoms with Gasteiger partial charge in [0.1, 0.15) is 17.8 Å². The van der Waals surface area contributed by atoms with Crippen molar-refractivity contribution in [1.82, 2.24) is 19.6 Å². The third-order valence-corrected chi connectivity index (χ3v) is 4.18. The number of benzene rings is 1. The minimum Gasteiger partial charge on any atom is -0.493 e. The van der Waals surface area contributed by atoms with Crippen molar-refractivity contribution in [3.8, 4) is 28.3 Å². The number of halogens is 2. The van der Waals surface area contributed by atoms with Gasteiger partial charge in [0.15, 0.2) is 5.65 Å². The van der Waals surface area contributed by atoms with Crippen molar-refractivity contribution >= 4 is 11.5 Å². The topological polar surface area (TPSA) is 106 Å². The van der Waals surface area contributed by atoms with E-state index in [1.54, 1.807) is 6.92 Å². The van der Waals surface area contributed by atoms with Gasteiger partial charge in [-0.25, -0.2) is 13.8 Å². The molecule has 0 radical (unpaired) electrons. The highest BCUT2D eigenvalue weighted by Gasteiger charge is 2.20. The van der Waals surface area contributed by atoms with Gasteiger partial charge >= 0.3 is 5.82 Å². The summed E-state index contributed by atoms with van der Waals surface area (Å²) in [5.41, 5.74) is 1.58. The number of pyridine rings is 1. The summed E-state index contributed by atoms with van der Waals surface area (Å²) >= 11 is 0. The van der Waals surface area contributed by atoms with Gasteiger partial charge in [-0.3, -0.25) is 0 Å². The molecule has 0 aliphatic carbocycles. The third kappa shape index (κ3) is 2.80. The zero-order chi connectivity index (χ0) is 20.0. The van der Waals surface area contributed by atoms with Crippen LogP contribution in [0.1, 0.15) is 5.69 Å². The summed E-state index contributed by atoms with van der Waals surface area (Å²) in [7, 11) is 0. The van der Waals surface area contributed by atoms with E-state index in [4.69, 9.17) is 0 Å². The highest BCUT2D eigenvalue weighted by atomic mass is 19.1. The normalized spacial score (nSPS) is 11.1. The molecule has 0 saturated heterocycles. The monoisotopic (exact) mass is 383 g/mol. The van der Waals surface area contributed by atoms with E-state index in [1.807, 2.05) is 0 Å². The van der Waals surface area contributed by atoms with Crippen LogP contribution >= 0.6 is 0 Å². The number of fused-ring (bicyclic) bond motifs is 1. The zero-order valence-electron chi connectivity index (χ0n) is 14.3. The number of aromatic hydroxyl groups is 1. The first-order chi connectivity index (χ1) is 13.3. The first-order valence-corrected chi connectivity index (χ1v) is 8.00. The molecule has 3 heterocycles. The van der Waals surface area contributed by atoms with Crippen LogP contribution in [0, 0.1) is 28.7 Å². The standard InChI is InChI=1S/C18H11F2N5O3/c1-9-17(12-4-3-11(19)6-13(12)20)18-22-14(7-16(26)24(18)23-9)10-2-5-15(21-8-10)25(27)28/h2-8,26H,1H3. The average molecular weight is 383 g/mol. The van der Waals surface area contributed by atoms with Gasteiger partial charge < -0.3 is 15.2 Å². The van der Waals surface area contributed by atoms with E-state index in [-0.39, 0.29) is 28.6 Å². The molecule has 28 heavy (non-hydrogen) atoms. The molecule has 0 amide bonds. The van der Waals surface area contributed by atoms with Crippen LogP contribution in [0.4, 0.5) is 14.6 Å². The molecule has 0 aliphatic heterocycles. The number of aromatic nitrogens is 4. The number of rotatable bonds is 3. The molecule has 1 aromatic carbocycles. The van der Waals surface area contributed by atoms with Gasteiger partial charge in [0.05, 0.1) is 17.0 Å². The molecule has 140 valence electrons. The number of aryl methyl sites for hydroxylation is 1. The Kier molecular flexibility index (Phi) is 3.95. The number of nitrogens with zero attached hydrogens (tertiary/aromatic N) is 5. The third-order valence-electron chi connectivity index (χ3n) is 4.18. The Morgan fingerprint density at radius 3 is 2.61 bits per heavy atom. The summed E-state index contributed by atoms with van der Waals surface area (Å²) in [6.07, 6.45) is 1.25. The Hall–Kier alpha value is -3.95. The molecular weight excluding hydrogens is 372 g/mol. The molecule has 3 aromatic heterocycles. The highest BCUT2D eigenvalue weighted by molar-refractivity contribution is 5.82. The molecule has 0 fully saturated rings.